The van der Waals surface area contributed by atoms with Crippen LogP contribution in [0.1, 0.15) is 102 Å². The largest absolute Gasteiger partial charge is 0.463 e. The molecular weight excluding hydrogens is 749 g/mol. The standard InChI is InChI=1S/C37H39ClF5N9O3/c1-34(2,3)18-37(21-6-9-23(25(39)14-21)26-16-46-52(49-26)22-7-8-22)32(54)50(33(44)48-37)28(17-55-29(53)15-36(11-12-36)35(4,42)43)20-5-10-24(38)27(13-20)51-31(30(40)41)45-19-47-51/h5-6,9-10,13-14,16,19,22,28,30H,7-8,11-12,15,17-18H2,1-4H3,(H2,44,48)/t28-,37-/m1/s1. The highest BCUT2D eigenvalue weighted by Gasteiger charge is 2.60. The number of carbonyl (C=O) groups is 2. The first-order valence-electron chi connectivity index (χ1n) is 17.8. The van der Waals surface area contributed by atoms with Crippen molar-refractivity contribution in [3.05, 3.63) is 76.7 Å². The van der Waals surface area contributed by atoms with Crippen LogP contribution >= 0.6 is 11.6 Å². The van der Waals surface area contributed by atoms with E-state index in [9.17, 15) is 22.4 Å². The van der Waals surface area contributed by atoms with Gasteiger partial charge in [-0.1, -0.05) is 44.5 Å². The molecule has 55 heavy (non-hydrogen) atoms. The molecule has 4 aromatic rings. The smallest absolute Gasteiger partial charge is 0.306 e. The third kappa shape index (κ3) is 7.30. The van der Waals surface area contributed by atoms with Gasteiger partial charge in [-0.15, -0.1) is 0 Å². The number of carbonyl (C=O) groups excluding carboxylic acids is 2. The number of rotatable bonds is 13. The SMILES string of the molecule is CC(C)(C)C[C@]1(c2ccc(-c3cnn(C4CC4)n3)c(F)c2)N=C(N)N([C@H](COC(=O)CC2(C(C)(F)F)CC2)c2ccc(Cl)c(-n3ncnc3C(F)F)c2)C1=O. The lowest BCUT2D eigenvalue weighted by atomic mass is 9.75. The quantitative estimate of drug-likeness (QED) is 0.108. The number of benzene rings is 2. The molecule has 0 unspecified atom stereocenters. The van der Waals surface area contributed by atoms with Gasteiger partial charge in [-0.2, -0.15) is 20.1 Å². The van der Waals surface area contributed by atoms with Gasteiger partial charge in [-0.25, -0.2) is 36.6 Å². The van der Waals surface area contributed by atoms with Gasteiger partial charge in [-0.3, -0.25) is 14.5 Å². The number of esters is 1. The fourth-order valence-electron chi connectivity index (χ4n) is 7.16. The molecule has 0 bridgehead atoms. The lowest BCUT2D eigenvalue weighted by Gasteiger charge is -2.35. The van der Waals surface area contributed by atoms with Gasteiger partial charge in [-0.05, 0) is 79.8 Å². The van der Waals surface area contributed by atoms with E-state index >= 15 is 9.18 Å². The predicted octanol–water partition coefficient (Wildman–Crippen LogP) is 7.49. The van der Waals surface area contributed by atoms with Crippen LogP contribution in [0.15, 0.2) is 53.9 Å². The van der Waals surface area contributed by atoms with Gasteiger partial charge in [0.2, 0.25) is 0 Å². The van der Waals surface area contributed by atoms with Gasteiger partial charge in [0.15, 0.2) is 17.3 Å². The molecule has 0 spiro atoms. The summed E-state index contributed by atoms with van der Waals surface area (Å²) in [6, 6.07) is 7.38. The van der Waals surface area contributed by atoms with E-state index in [1.807, 2.05) is 20.8 Å². The number of hydrogen-bond acceptors (Lipinski definition) is 9. The highest BCUT2D eigenvalue weighted by Crippen LogP contribution is 2.59. The third-order valence-electron chi connectivity index (χ3n) is 10.3. The summed E-state index contributed by atoms with van der Waals surface area (Å²) in [7, 11) is 0. The molecule has 1 amide bonds. The molecule has 2 aromatic carbocycles. The number of amides is 1. The Hall–Kier alpha value is -4.93. The Kier molecular flexibility index (Phi) is 9.53. The first-order valence-corrected chi connectivity index (χ1v) is 18.1. The zero-order valence-corrected chi connectivity index (χ0v) is 31.2. The molecule has 0 saturated heterocycles. The van der Waals surface area contributed by atoms with E-state index < -0.39 is 71.3 Å². The Morgan fingerprint density at radius 1 is 1.09 bits per heavy atom. The Balaban J connectivity index is 1.28. The molecule has 18 heteroatoms. The third-order valence-corrected chi connectivity index (χ3v) is 10.7. The summed E-state index contributed by atoms with van der Waals surface area (Å²) in [4.78, 5) is 39.1. The summed E-state index contributed by atoms with van der Waals surface area (Å²) in [5.74, 6) is -6.46. The van der Waals surface area contributed by atoms with Crippen molar-refractivity contribution in [2.45, 2.75) is 96.2 Å². The normalized spacial score (nSPS) is 20.2. The molecular formula is C37H39ClF5N9O3. The molecule has 2 aromatic heterocycles. The maximum Gasteiger partial charge on any atom is 0.306 e. The molecule has 292 valence electrons. The van der Waals surface area contributed by atoms with Crippen LogP contribution in [0.5, 0.6) is 0 Å². The molecule has 12 nitrogen and oxygen atoms in total. The Bertz CT molecular complexity index is 2170. The zero-order valence-electron chi connectivity index (χ0n) is 30.4. The second-order valence-electron chi connectivity index (χ2n) is 15.8. The summed E-state index contributed by atoms with van der Waals surface area (Å²) in [6.07, 6.45) is 0.997. The number of halogens is 6. The molecule has 7 rings (SSSR count). The lowest BCUT2D eigenvalue weighted by molar-refractivity contribution is -0.153. The van der Waals surface area contributed by atoms with Crippen molar-refractivity contribution in [1.29, 1.82) is 0 Å². The average molecular weight is 788 g/mol. The van der Waals surface area contributed by atoms with Crippen LogP contribution in [0, 0.1) is 16.6 Å². The Morgan fingerprint density at radius 3 is 2.44 bits per heavy atom. The number of ether oxygens (including phenoxy) is 1. The van der Waals surface area contributed by atoms with Crippen LogP contribution in [0.2, 0.25) is 5.02 Å². The summed E-state index contributed by atoms with van der Waals surface area (Å²) in [5.41, 5.74) is 3.51. The van der Waals surface area contributed by atoms with Gasteiger partial charge in [0.05, 0.1) is 35.4 Å². The number of aliphatic imine (C=N–C) groups is 1. The minimum atomic E-state index is -3.14. The van der Waals surface area contributed by atoms with Gasteiger partial charge < -0.3 is 10.5 Å². The number of aromatic nitrogens is 6. The first-order chi connectivity index (χ1) is 25.8. The van der Waals surface area contributed by atoms with Crippen molar-refractivity contribution in [3.63, 3.8) is 0 Å². The fraction of sp³-hybridized carbons (Fsp3) is 0.486. The molecule has 1 aliphatic heterocycles. The highest BCUT2D eigenvalue weighted by atomic mass is 35.5. The van der Waals surface area contributed by atoms with Crippen molar-refractivity contribution >= 4 is 29.4 Å². The highest BCUT2D eigenvalue weighted by molar-refractivity contribution is 6.32. The Labute approximate surface area is 317 Å². The number of guanidine groups is 1. The first kappa shape index (κ1) is 38.3. The number of nitrogens with two attached hydrogens (primary N) is 1. The lowest BCUT2D eigenvalue weighted by Crippen LogP contribution is -2.47. The Morgan fingerprint density at radius 2 is 1.82 bits per heavy atom. The fourth-order valence-corrected chi connectivity index (χ4v) is 7.36. The van der Waals surface area contributed by atoms with Crippen molar-refractivity contribution in [2.75, 3.05) is 6.61 Å². The summed E-state index contributed by atoms with van der Waals surface area (Å²) < 4.78 is 79.1. The number of nitrogens with zero attached hydrogens (tertiary/aromatic N) is 8. The summed E-state index contributed by atoms with van der Waals surface area (Å²) in [6.45, 7) is 5.78. The van der Waals surface area contributed by atoms with E-state index in [0.29, 0.717) is 5.69 Å². The van der Waals surface area contributed by atoms with Crippen LogP contribution in [-0.4, -0.2) is 65.0 Å². The van der Waals surface area contributed by atoms with E-state index in [4.69, 9.17) is 27.1 Å². The second-order valence-corrected chi connectivity index (χ2v) is 16.2. The van der Waals surface area contributed by atoms with Crippen molar-refractivity contribution in [3.8, 4) is 16.9 Å². The summed E-state index contributed by atoms with van der Waals surface area (Å²) in [5, 5.41) is 12.6. The van der Waals surface area contributed by atoms with E-state index in [1.54, 1.807) is 10.9 Å². The topological polar surface area (TPSA) is 146 Å². The van der Waals surface area contributed by atoms with Crippen LogP contribution in [0.3, 0.4) is 0 Å². The molecule has 2 atom stereocenters. The van der Waals surface area contributed by atoms with E-state index in [-0.39, 0.29) is 58.7 Å². The van der Waals surface area contributed by atoms with Gasteiger partial charge in [0, 0.05) is 11.0 Å². The van der Waals surface area contributed by atoms with Gasteiger partial charge in [0.25, 0.3) is 18.3 Å². The van der Waals surface area contributed by atoms with Gasteiger partial charge in [0.1, 0.15) is 24.4 Å². The molecule has 2 fully saturated rings. The van der Waals surface area contributed by atoms with Crippen LogP contribution in [0.4, 0.5) is 22.0 Å². The predicted molar refractivity (Wildman–Crippen MR) is 190 cm³/mol. The molecule has 0 radical (unpaired) electrons. The molecule has 3 aliphatic rings. The monoisotopic (exact) mass is 787 g/mol. The van der Waals surface area contributed by atoms with Crippen LogP contribution < -0.4 is 5.73 Å². The maximum atomic E-state index is 16.0. The molecule has 2 saturated carbocycles. The maximum absolute atomic E-state index is 16.0. The number of hydrogen-bond donors (Lipinski definition) is 1. The van der Waals surface area contributed by atoms with Crippen molar-refractivity contribution in [2.24, 2.45) is 21.6 Å². The molecule has 3 heterocycles. The minimum Gasteiger partial charge on any atom is -0.463 e. The average Bonchev–Trinajstić information content (AvgIpc) is 3.97. The molecule has 2 aliphatic carbocycles. The zero-order chi connectivity index (χ0) is 39.7. The minimum absolute atomic E-state index is 0.00283. The van der Waals surface area contributed by atoms with Crippen molar-refractivity contribution < 1.29 is 36.3 Å². The van der Waals surface area contributed by atoms with E-state index in [0.717, 1.165) is 35.7 Å². The van der Waals surface area contributed by atoms with E-state index in [1.165, 1.54) is 36.5 Å². The summed E-state index contributed by atoms with van der Waals surface area (Å²) >= 11 is 6.46. The molecule has 2 N–H and O–H groups in total. The van der Waals surface area contributed by atoms with Gasteiger partial charge >= 0.3 is 5.97 Å². The van der Waals surface area contributed by atoms with Crippen LogP contribution in [0.25, 0.3) is 16.9 Å². The number of alkyl halides is 4. The second kappa shape index (κ2) is 13.7. The van der Waals surface area contributed by atoms with Crippen LogP contribution in [-0.2, 0) is 19.9 Å². The van der Waals surface area contributed by atoms with Crippen molar-refractivity contribution in [1.82, 2.24) is 34.7 Å². The van der Waals surface area contributed by atoms with E-state index in [2.05, 4.69) is 20.3 Å².